The number of carbonyl (C=O) groups is 1. The predicted octanol–water partition coefficient (Wildman–Crippen LogP) is 2.29. The Morgan fingerprint density at radius 1 is 1.42 bits per heavy atom. The van der Waals surface area contributed by atoms with Gasteiger partial charge in [0, 0.05) is 25.0 Å². The van der Waals surface area contributed by atoms with Crippen LogP contribution in [0, 0.1) is 5.92 Å². The number of carbonyl (C=O) groups excluding carboxylic acids is 1. The van der Waals surface area contributed by atoms with Gasteiger partial charge in [-0.15, -0.1) is 0 Å². The zero-order valence-corrected chi connectivity index (χ0v) is 11.8. The van der Waals surface area contributed by atoms with Crippen molar-refractivity contribution >= 4 is 23.4 Å². The molecule has 2 unspecified atom stereocenters. The van der Waals surface area contributed by atoms with Gasteiger partial charge < -0.3 is 4.90 Å². The summed E-state index contributed by atoms with van der Waals surface area (Å²) in [5.41, 5.74) is 5.31. The molecule has 2 amide bonds. The van der Waals surface area contributed by atoms with Gasteiger partial charge in [-0.2, -0.15) is 0 Å². The number of rotatable bonds is 2. The molecule has 2 N–H and O–H groups in total. The second kappa shape index (κ2) is 6.06. The fraction of sp³-hybridized carbons (Fsp3) is 0.583. The number of nitrogens with zero attached hydrogens (tertiary/aromatic N) is 3. The summed E-state index contributed by atoms with van der Waals surface area (Å²) in [6, 6.07) is 0.0636. The molecule has 2 rings (SSSR count). The number of hydrogen-bond donors (Lipinski definition) is 2. The van der Waals surface area contributed by atoms with E-state index in [9.17, 15) is 4.79 Å². The van der Waals surface area contributed by atoms with E-state index < -0.39 is 0 Å². The largest absolute Gasteiger partial charge is 0.336 e. The van der Waals surface area contributed by atoms with E-state index in [1.807, 2.05) is 4.90 Å². The monoisotopic (exact) mass is 283 g/mol. The van der Waals surface area contributed by atoms with Crippen molar-refractivity contribution < 1.29 is 4.79 Å². The smallest absolute Gasteiger partial charge is 0.320 e. The average Bonchev–Trinajstić information content (AvgIpc) is 2.40. The lowest BCUT2D eigenvalue weighted by Gasteiger charge is -2.37. The van der Waals surface area contributed by atoms with Crippen molar-refractivity contribution in [2.45, 2.75) is 32.7 Å². The Morgan fingerprint density at radius 3 is 2.89 bits per heavy atom. The lowest BCUT2D eigenvalue weighted by molar-refractivity contribution is 0.130. The molecule has 1 aliphatic rings. The van der Waals surface area contributed by atoms with Gasteiger partial charge >= 0.3 is 6.03 Å². The van der Waals surface area contributed by atoms with Gasteiger partial charge in [-0.1, -0.05) is 18.5 Å². The van der Waals surface area contributed by atoms with E-state index in [0.29, 0.717) is 11.7 Å². The molecule has 104 valence electrons. The summed E-state index contributed by atoms with van der Waals surface area (Å²) in [4.78, 5) is 21.8. The first-order chi connectivity index (χ1) is 9.09. The highest BCUT2D eigenvalue weighted by Gasteiger charge is 2.28. The second-order valence-corrected chi connectivity index (χ2v) is 5.16. The maximum absolute atomic E-state index is 12.1. The van der Waals surface area contributed by atoms with Gasteiger partial charge in [0.1, 0.15) is 0 Å². The molecule has 6 nitrogen and oxygen atoms in total. The maximum Gasteiger partial charge on any atom is 0.336 e. The van der Waals surface area contributed by atoms with Crippen LogP contribution in [0.4, 0.5) is 10.6 Å². The Labute approximate surface area is 117 Å². The first kappa shape index (κ1) is 13.9. The topological polar surface area (TPSA) is 70.2 Å². The van der Waals surface area contributed by atoms with Crippen molar-refractivity contribution in [3.8, 4) is 0 Å². The number of nitrogens with one attached hydrogen (secondary N) is 2. The second-order valence-electron chi connectivity index (χ2n) is 4.80. The van der Waals surface area contributed by atoms with E-state index in [1.54, 1.807) is 0 Å². The fourth-order valence-electron chi connectivity index (χ4n) is 2.21. The molecule has 7 heteroatoms. The summed E-state index contributed by atoms with van der Waals surface area (Å²) in [5, 5.41) is 0.225. The highest BCUT2D eigenvalue weighted by atomic mass is 35.5. The van der Waals surface area contributed by atoms with E-state index >= 15 is 0 Å². The minimum Gasteiger partial charge on any atom is -0.320 e. The molecular formula is C12H18ClN5O. The molecule has 1 saturated heterocycles. The number of halogens is 1. The highest BCUT2D eigenvalue weighted by Crippen LogP contribution is 2.22. The molecule has 0 spiro atoms. The van der Waals surface area contributed by atoms with Gasteiger partial charge in [-0.05, 0) is 25.7 Å². The van der Waals surface area contributed by atoms with Crippen LogP contribution in [-0.4, -0.2) is 33.5 Å². The molecule has 1 aliphatic heterocycles. The summed E-state index contributed by atoms with van der Waals surface area (Å²) in [7, 11) is 0. The molecule has 0 radical (unpaired) electrons. The third-order valence-corrected chi connectivity index (χ3v) is 3.85. The van der Waals surface area contributed by atoms with Gasteiger partial charge in [-0.25, -0.2) is 14.8 Å². The Hall–Kier alpha value is -1.56. The summed E-state index contributed by atoms with van der Waals surface area (Å²) in [5.74, 6) is 0.856. The number of urea groups is 1. The molecule has 1 aromatic heterocycles. The van der Waals surface area contributed by atoms with Crippen LogP contribution >= 0.6 is 11.6 Å². The molecule has 1 aromatic rings. The van der Waals surface area contributed by atoms with E-state index in [-0.39, 0.29) is 17.2 Å². The van der Waals surface area contributed by atoms with Crippen LogP contribution in [0.5, 0.6) is 0 Å². The number of hydrazine groups is 1. The van der Waals surface area contributed by atoms with Crippen molar-refractivity contribution in [3.63, 3.8) is 0 Å². The molecule has 19 heavy (non-hydrogen) atoms. The zero-order chi connectivity index (χ0) is 13.8. The average molecular weight is 284 g/mol. The zero-order valence-electron chi connectivity index (χ0n) is 11.1. The minimum absolute atomic E-state index is 0.166. The van der Waals surface area contributed by atoms with Gasteiger partial charge in [-0.3, -0.25) is 10.9 Å². The van der Waals surface area contributed by atoms with Crippen molar-refractivity contribution in [1.82, 2.24) is 20.3 Å². The summed E-state index contributed by atoms with van der Waals surface area (Å²) >= 11 is 5.84. The predicted molar refractivity (Wildman–Crippen MR) is 73.8 cm³/mol. The summed E-state index contributed by atoms with van der Waals surface area (Å²) in [6.07, 6.45) is 5.19. The van der Waals surface area contributed by atoms with E-state index in [4.69, 9.17) is 11.6 Å². The first-order valence-corrected chi connectivity index (χ1v) is 6.76. The number of likely N-dealkylation sites (tertiary alicyclic amines) is 1. The third-order valence-electron chi connectivity index (χ3n) is 3.58. The molecular weight excluding hydrogens is 266 g/mol. The van der Waals surface area contributed by atoms with Gasteiger partial charge in [0.15, 0.2) is 11.0 Å². The van der Waals surface area contributed by atoms with Crippen LogP contribution in [-0.2, 0) is 0 Å². The Bertz CT molecular complexity index is 456. The number of piperidine rings is 1. The summed E-state index contributed by atoms with van der Waals surface area (Å²) < 4.78 is 0. The summed E-state index contributed by atoms with van der Waals surface area (Å²) in [6.45, 7) is 5.00. The molecule has 0 aromatic carbocycles. The molecule has 0 saturated carbocycles. The highest BCUT2D eigenvalue weighted by molar-refractivity contribution is 6.31. The van der Waals surface area contributed by atoms with Crippen molar-refractivity contribution in [2.24, 2.45) is 5.92 Å². The molecule has 1 fully saturated rings. The lowest BCUT2D eigenvalue weighted by Crippen LogP contribution is -2.51. The number of anilines is 1. The van der Waals surface area contributed by atoms with Crippen LogP contribution in [0.2, 0.25) is 5.15 Å². The Kier molecular flexibility index (Phi) is 4.42. The van der Waals surface area contributed by atoms with Crippen LogP contribution in [0.15, 0.2) is 12.4 Å². The Morgan fingerprint density at radius 2 is 2.16 bits per heavy atom. The fourth-order valence-corrected chi connectivity index (χ4v) is 2.36. The SMILES string of the molecule is CC1CCCN(C(=O)NNc2nccnc2Cl)C1C. The number of hydrogen-bond acceptors (Lipinski definition) is 4. The quantitative estimate of drug-likeness (QED) is 0.817. The van der Waals surface area contributed by atoms with E-state index in [2.05, 4.69) is 34.7 Å². The molecule has 2 atom stereocenters. The maximum atomic E-state index is 12.1. The van der Waals surface area contributed by atoms with Crippen LogP contribution in [0.25, 0.3) is 0 Å². The number of aromatic nitrogens is 2. The van der Waals surface area contributed by atoms with Crippen LogP contribution in [0.1, 0.15) is 26.7 Å². The van der Waals surface area contributed by atoms with E-state index in [1.165, 1.54) is 12.4 Å². The third kappa shape index (κ3) is 3.26. The molecule has 0 aliphatic carbocycles. The standard InChI is InChI=1S/C12H18ClN5O/c1-8-4-3-7-18(9(8)2)12(19)17-16-11-10(13)14-5-6-15-11/h5-6,8-9H,3-4,7H2,1-2H3,(H,15,16)(H,17,19). The van der Waals surface area contributed by atoms with Crippen molar-refractivity contribution in [3.05, 3.63) is 17.5 Å². The van der Waals surface area contributed by atoms with Crippen molar-refractivity contribution in [1.29, 1.82) is 0 Å². The van der Waals surface area contributed by atoms with Gasteiger partial charge in [0.05, 0.1) is 0 Å². The van der Waals surface area contributed by atoms with Crippen LogP contribution in [0.3, 0.4) is 0 Å². The molecule has 2 heterocycles. The van der Waals surface area contributed by atoms with Gasteiger partial charge in [0.25, 0.3) is 0 Å². The minimum atomic E-state index is -0.166. The molecule has 0 bridgehead atoms. The normalized spacial score (nSPS) is 23.0. The van der Waals surface area contributed by atoms with Crippen LogP contribution < -0.4 is 10.9 Å². The first-order valence-electron chi connectivity index (χ1n) is 6.38. The lowest BCUT2D eigenvalue weighted by atomic mass is 9.92. The van der Waals surface area contributed by atoms with E-state index in [0.717, 1.165) is 19.4 Å². The Balaban J connectivity index is 1.92. The van der Waals surface area contributed by atoms with Gasteiger partial charge in [0.2, 0.25) is 0 Å². The number of amides is 2. The van der Waals surface area contributed by atoms with Crippen molar-refractivity contribution in [2.75, 3.05) is 12.0 Å².